The van der Waals surface area contributed by atoms with Gasteiger partial charge in [-0.1, -0.05) is 6.92 Å². The van der Waals surface area contributed by atoms with Gasteiger partial charge in [-0.15, -0.1) is 36.2 Å². The van der Waals surface area contributed by atoms with Gasteiger partial charge in [0.25, 0.3) is 0 Å². The van der Waals surface area contributed by atoms with E-state index < -0.39 is 0 Å². The van der Waals surface area contributed by atoms with Crippen molar-refractivity contribution in [3.63, 3.8) is 0 Å². The Morgan fingerprint density at radius 2 is 2.25 bits per heavy atom. The van der Waals surface area contributed by atoms with Gasteiger partial charge in [0.05, 0.1) is 11.6 Å². The molecule has 1 amide bonds. The Balaban J connectivity index is 0.00000144. The molecule has 1 aromatic rings. The van der Waals surface area contributed by atoms with Gasteiger partial charge in [-0.2, -0.15) is 0 Å². The molecule has 1 aromatic heterocycles. The molecule has 24 heavy (non-hydrogen) atoms. The van der Waals surface area contributed by atoms with E-state index in [1.807, 2.05) is 0 Å². The van der Waals surface area contributed by atoms with Gasteiger partial charge in [0.15, 0.2) is 5.13 Å². The Kier molecular flexibility index (Phi) is 9.52. The minimum atomic E-state index is 0. The molecule has 2 N–H and O–H groups in total. The molecule has 2 fully saturated rings. The summed E-state index contributed by atoms with van der Waals surface area (Å²) in [5, 5.41) is 9.09. The molecule has 2 aliphatic heterocycles. The number of amides is 1. The quantitative estimate of drug-likeness (QED) is 0.823. The minimum Gasteiger partial charge on any atom is -0.316 e. The molecule has 2 aliphatic rings. The number of aromatic nitrogens is 1. The second-order valence-corrected chi connectivity index (χ2v) is 7.52. The zero-order valence-corrected chi connectivity index (χ0v) is 16.6. The number of carbonyl (C=O) groups is 1. The van der Waals surface area contributed by atoms with Crippen molar-refractivity contribution >= 4 is 47.2 Å². The second-order valence-electron chi connectivity index (χ2n) is 6.66. The van der Waals surface area contributed by atoms with Crippen LogP contribution >= 0.6 is 36.2 Å². The average molecular weight is 395 g/mol. The minimum absolute atomic E-state index is 0. The highest BCUT2D eigenvalue weighted by molar-refractivity contribution is 7.13. The lowest BCUT2D eigenvalue weighted by Gasteiger charge is -2.30. The van der Waals surface area contributed by atoms with Crippen molar-refractivity contribution in [2.75, 3.05) is 31.5 Å². The largest absolute Gasteiger partial charge is 0.316 e. The fraction of sp³-hybridized carbons (Fsp3) is 0.750. The van der Waals surface area contributed by atoms with Crippen LogP contribution in [0.25, 0.3) is 0 Å². The van der Waals surface area contributed by atoms with Gasteiger partial charge in [0, 0.05) is 25.0 Å². The molecule has 0 saturated carbocycles. The van der Waals surface area contributed by atoms with Crippen LogP contribution in [0.4, 0.5) is 5.13 Å². The van der Waals surface area contributed by atoms with Crippen molar-refractivity contribution in [3.8, 4) is 0 Å². The maximum atomic E-state index is 12.2. The Hall–Kier alpha value is -0.400. The van der Waals surface area contributed by atoms with Crippen LogP contribution in [0.5, 0.6) is 0 Å². The summed E-state index contributed by atoms with van der Waals surface area (Å²) in [5.41, 5.74) is 1.08. The maximum absolute atomic E-state index is 12.2. The topological polar surface area (TPSA) is 57.3 Å². The van der Waals surface area contributed by atoms with E-state index in [0.29, 0.717) is 0 Å². The second kappa shape index (κ2) is 10.6. The normalized spacial score (nSPS) is 24.5. The number of likely N-dealkylation sites (tertiary alicyclic amines) is 1. The molecule has 3 heterocycles. The zero-order chi connectivity index (χ0) is 15.4. The molecule has 0 radical (unpaired) electrons. The van der Waals surface area contributed by atoms with Crippen molar-refractivity contribution in [2.45, 2.75) is 39.2 Å². The van der Waals surface area contributed by atoms with Gasteiger partial charge < -0.3 is 10.6 Å². The summed E-state index contributed by atoms with van der Waals surface area (Å²) in [4.78, 5) is 19.3. The smallest absolute Gasteiger partial charge is 0.230 e. The molecule has 8 heteroatoms. The van der Waals surface area contributed by atoms with Gasteiger partial charge in [0.1, 0.15) is 0 Å². The molecular weight excluding hydrogens is 367 g/mol. The Labute approximate surface area is 160 Å². The van der Waals surface area contributed by atoms with Crippen molar-refractivity contribution < 1.29 is 4.79 Å². The van der Waals surface area contributed by atoms with Gasteiger partial charge in [-0.25, -0.2) is 4.98 Å². The van der Waals surface area contributed by atoms with E-state index in [2.05, 4.69) is 32.8 Å². The van der Waals surface area contributed by atoms with E-state index in [4.69, 9.17) is 0 Å². The Morgan fingerprint density at radius 3 is 2.96 bits per heavy atom. The lowest BCUT2D eigenvalue weighted by atomic mass is 9.99. The third kappa shape index (κ3) is 6.15. The SMILES string of the molecule is CC1CCCN(Cc2csc(NC(=O)C3CCCNC3)n2)C1.Cl.Cl. The van der Waals surface area contributed by atoms with Crippen LogP contribution in [0.2, 0.25) is 0 Å². The first-order chi connectivity index (χ1) is 10.7. The first kappa shape index (κ1) is 21.6. The zero-order valence-electron chi connectivity index (χ0n) is 14.1. The Morgan fingerprint density at radius 1 is 1.42 bits per heavy atom. The summed E-state index contributed by atoms with van der Waals surface area (Å²) in [6, 6.07) is 0. The molecule has 138 valence electrons. The van der Waals surface area contributed by atoms with Gasteiger partial charge in [0.2, 0.25) is 5.91 Å². The average Bonchev–Trinajstić information content (AvgIpc) is 2.95. The lowest BCUT2D eigenvalue weighted by Crippen LogP contribution is -2.37. The maximum Gasteiger partial charge on any atom is 0.230 e. The molecule has 2 saturated heterocycles. The van der Waals surface area contributed by atoms with Crippen LogP contribution in [-0.4, -0.2) is 42.0 Å². The van der Waals surface area contributed by atoms with Crippen LogP contribution in [0.1, 0.15) is 38.3 Å². The predicted molar refractivity (Wildman–Crippen MR) is 105 cm³/mol. The highest BCUT2D eigenvalue weighted by Crippen LogP contribution is 2.22. The van der Waals surface area contributed by atoms with Crippen molar-refractivity contribution in [1.29, 1.82) is 0 Å². The molecular formula is C16H28Cl2N4OS. The first-order valence-corrected chi connectivity index (χ1v) is 9.27. The van der Waals surface area contributed by atoms with E-state index in [1.165, 1.54) is 12.8 Å². The Bertz CT molecular complexity index is 508. The number of piperidine rings is 2. The van der Waals surface area contributed by atoms with Crippen LogP contribution in [0.3, 0.4) is 0 Å². The molecule has 2 unspecified atom stereocenters. The molecule has 2 atom stereocenters. The number of nitrogens with one attached hydrogen (secondary N) is 2. The molecule has 5 nitrogen and oxygen atoms in total. The fourth-order valence-electron chi connectivity index (χ4n) is 3.38. The summed E-state index contributed by atoms with van der Waals surface area (Å²) >= 11 is 1.54. The van der Waals surface area contributed by atoms with Gasteiger partial charge in [-0.05, 0) is 44.7 Å². The third-order valence-electron chi connectivity index (χ3n) is 4.58. The van der Waals surface area contributed by atoms with Crippen molar-refractivity contribution in [1.82, 2.24) is 15.2 Å². The number of rotatable bonds is 4. The van der Waals surface area contributed by atoms with E-state index in [9.17, 15) is 4.79 Å². The van der Waals surface area contributed by atoms with Crippen LogP contribution in [-0.2, 0) is 11.3 Å². The molecule has 0 aliphatic carbocycles. The standard InChI is InChI=1S/C16H26N4OS.2ClH/c1-12-4-3-7-20(9-12)10-14-11-22-16(18-14)19-15(21)13-5-2-6-17-8-13;;/h11-13,17H,2-10H2,1H3,(H,18,19,21);2*1H. The highest BCUT2D eigenvalue weighted by atomic mass is 35.5. The first-order valence-electron chi connectivity index (χ1n) is 8.39. The van der Waals surface area contributed by atoms with Crippen molar-refractivity contribution in [3.05, 3.63) is 11.1 Å². The molecule has 0 spiro atoms. The number of hydrogen-bond donors (Lipinski definition) is 2. The highest BCUT2D eigenvalue weighted by Gasteiger charge is 2.22. The predicted octanol–water partition coefficient (Wildman–Crippen LogP) is 3.16. The van der Waals surface area contributed by atoms with Gasteiger partial charge in [-0.3, -0.25) is 9.69 Å². The molecule has 0 bridgehead atoms. The summed E-state index contributed by atoms with van der Waals surface area (Å²) in [5.74, 6) is 0.981. The van der Waals surface area contributed by atoms with E-state index >= 15 is 0 Å². The van der Waals surface area contributed by atoms with E-state index in [1.54, 1.807) is 11.3 Å². The monoisotopic (exact) mass is 394 g/mol. The molecule has 3 rings (SSSR count). The summed E-state index contributed by atoms with van der Waals surface area (Å²) < 4.78 is 0. The summed E-state index contributed by atoms with van der Waals surface area (Å²) in [6.45, 7) is 7.36. The molecule has 0 aromatic carbocycles. The van der Waals surface area contributed by atoms with Crippen molar-refractivity contribution in [2.24, 2.45) is 11.8 Å². The number of hydrogen-bond acceptors (Lipinski definition) is 5. The van der Waals surface area contributed by atoms with E-state index in [0.717, 1.165) is 62.3 Å². The number of halogens is 2. The third-order valence-corrected chi connectivity index (χ3v) is 5.38. The number of nitrogens with zero attached hydrogens (tertiary/aromatic N) is 2. The van der Waals surface area contributed by atoms with Crippen LogP contribution in [0, 0.1) is 11.8 Å². The van der Waals surface area contributed by atoms with Crippen LogP contribution in [0.15, 0.2) is 5.38 Å². The van der Waals surface area contributed by atoms with E-state index in [-0.39, 0.29) is 36.6 Å². The number of anilines is 1. The summed E-state index contributed by atoms with van der Waals surface area (Å²) in [6.07, 6.45) is 4.67. The number of thiazole rings is 1. The summed E-state index contributed by atoms with van der Waals surface area (Å²) in [7, 11) is 0. The van der Waals surface area contributed by atoms with Crippen LogP contribution < -0.4 is 10.6 Å². The number of carbonyl (C=O) groups excluding carboxylic acids is 1. The fourth-order valence-corrected chi connectivity index (χ4v) is 4.08. The van der Waals surface area contributed by atoms with Gasteiger partial charge >= 0.3 is 0 Å². The lowest BCUT2D eigenvalue weighted by molar-refractivity contribution is -0.120.